The molecule has 2 amide bonds. The Kier molecular flexibility index (Phi) is 4.95. The Bertz CT molecular complexity index is 838. The van der Waals surface area contributed by atoms with Crippen molar-refractivity contribution in [3.05, 3.63) is 54.1 Å². The fraction of sp³-hybridized carbons (Fsp3) is 0.450. The van der Waals surface area contributed by atoms with Gasteiger partial charge in [0.1, 0.15) is 11.9 Å². The van der Waals surface area contributed by atoms with Crippen LogP contribution in [0, 0.1) is 0 Å². The zero-order valence-electron chi connectivity index (χ0n) is 15.4. The molecule has 1 aromatic carbocycles. The lowest BCUT2D eigenvalue weighted by Crippen LogP contribution is -2.50. The Hall–Kier alpha value is -2.28. The number of thioether (sulfide) groups is 1. The molecule has 0 bridgehead atoms. The minimum Gasteiger partial charge on any atom is -0.354 e. The van der Waals surface area contributed by atoms with Gasteiger partial charge >= 0.3 is 0 Å². The smallest absolute Gasteiger partial charge is 0.243 e. The second-order valence-corrected chi connectivity index (χ2v) is 8.77. The largest absolute Gasteiger partial charge is 0.354 e. The number of hydrogen-bond donors (Lipinski definition) is 1. The minimum absolute atomic E-state index is 0.0531. The Morgan fingerprint density at radius 3 is 3.00 bits per heavy atom. The molecule has 4 rings (SSSR count). The first kappa shape index (κ1) is 18.1. The molecule has 1 N–H and O–H groups in total. The van der Waals surface area contributed by atoms with Crippen molar-refractivity contribution >= 4 is 23.6 Å². The highest BCUT2D eigenvalue weighted by molar-refractivity contribution is 8.01. The summed E-state index contributed by atoms with van der Waals surface area (Å²) in [6.07, 6.45) is 5.80. The van der Waals surface area contributed by atoms with Crippen molar-refractivity contribution in [3.63, 3.8) is 0 Å². The first-order valence-corrected chi connectivity index (χ1v) is 10.3. The summed E-state index contributed by atoms with van der Waals surface area (Å²) in [5, 5.41) is 3.00. The van der Waals surface area contributed by atoms with E-state index >= 15 is 0 Å². The van der Waals surface area contributed by atoms with Crippen LogP contribution < -0.4 is 5.32 Å². The predicted molar refractivity (Wildman–Crippen MR) is 105 cm³/mol. The molecule has 0 saturated carbocycles. The van der Waals surface area contributed by atoms with Gasteiger partial charge in [-0.2, -0.15) is 0 Å². The van der Waals surface area contributed by atoms with E-state index in [2.05, 4.69) is 33.9 Å². The molecule has 27 heavy (non-hydrogen) atoms. The molecule has 6 nitrogen and oxygen atoms in total. The van der Waals surface area contributed by atoms with Gasteiger partial charge in [0.15, 0.2) is 0 Å². The fourth-order valence-electron chi connectivity index (χ4n) is 3.92. The van der Waals surface area contributed by atoms with Crippen molar-refractivity contribution in [1.82, 2.24) is 19.8 Å². The molecule has 2 unspecified atom stereocenters. The van der Waals surface area contributed by atoms with Crippen LogP contribution in [0.3, 0.4) is 0 Å². The maximum absolute atomic E-state index is 12.6. The number of benzene rings is 1. The number of carbonyl (C=O) groups is 2. The second-order valence-electron chi connectivity index (χ2n) is 7.26. The highest BCUT2D eigenvalue weighted by atomic mass is 32.2. The molecule has 2 saturated heterocycles. The summed E-state index contributed by atoms with van der Waals surface area (Å²) in [4.78, 5) is 30.8. The number of fused-ring (bicyclic) bond motifs is 1. The summed E-state index contributed by atoms with van der Waals surface area (Å²) in [6, 6.07) is 9.89. The highest BCUT2D eigenvalue weighted by Crippen LogP contribution is 2.47. The Balaban J connectivity index is 1.32. The Labute approximate surface area is 163 Å². The molecular weight excluding hydrogens is 360 g/mol. The molecule has 1 aromatic heterocycles. The molecule has 2 aliphatic rings. The predicted octanol–water partition coefficient (Wildman–Crippen LogP) is 2.04. The van der Waals surface area contributed by atoms with Gasteiger partial charge in [-0.05, 0) is 18.9 Å². The number of carbonyl (C=O) groups excluding carboxylic acids is 2. The van der Waals surface area contributed by atoms with Crippen LogP contribution in [0.1, 0.15) is 31.2 Å². The lowest BCUT2D eigenvalue weighted by atomic mass is 10.2. The highest BCUT2D eigenvalue weighted by Gasteiger charge is 2.52. The number of aromatic nitrogens is 2. The minimum atomic E-state index is -0.348. The van der Waals surface area contributed by atoms with Crippen molar-refractivity contribution in [2.24, 2.45) is 0 Å². The maximum Gasteiger partial charge on any atom is 0.243 e. The molecule has 2 atom stereocenters. The standard InChI is InChI=1S/C20H24N4O2S/c1-20-9-7-18(25)24(20)16(14-27-20)19(26)22-10-8-17-21-11-12-23(17)13-15-5-3-2-4-6-15/h2-6,11-12,16H,7-10,13-14H2,1H3,(H,22,26). The topological polar surface area (TPSA) is 67.2 Å². The monoisotopic (exact) mass is 384 g/mol. The number of rotatable bonds is 6. The molecule has 0 aliphatic carbocycles. The van der Waals surface area contributed by atoms with Crippen molar-refractivity contribution < 1.29 is 9.59 Å². The van der Waals surface area contributed by atoms with Crippen LogP contribution in [0.5, 0.6) is 0 Å². The average Bonchev–Trinajstić information content (AvgIpc) is 3.32. The first-order chi connectivity index (χ1) is 13.1. The van der Waals surface area contributed by atoms with Gasteiger partial charge in [0, 0.05) is 44.1 Å². The molecule has 0 radical (unpaired) electrons. The van der Waals surface area contributed by atoms with Gasteiger partial charge in [0.05, 0.1) is 4.87 Å². The number of imidazole rings is 1. The summed E-state index contributed by atoms with van der Waals surface area (Å²) < 4.78 is 2.11. The second kappa shape index (κ2) is 7.38. The van der Waals surface area contributed by atoms with Crippen LogP contribution in [0.15, 0.2) is 42.7 Å². The third kappa shape index (κ3) is 3.60. The molecule has 2 aromatic rings. The van der Waals surface area contributed by atoms with Gasteiger partial charge in [-0.25, -0.2) is 4.98 Å². The van der Waals surface area contributed by atoms with E-state index in [1.165, 1.54) is 5.56 Å². The van der Waals surface area contributed by atoms with E-state index in [4.69, 9.17) is 0 Å². The van der Waals surface area contributed by atoms with E-state index < -0.39 is 0 Å². The summed E-state index contributed by atoms with van der Waals surface area (Å²) in [5.41, 5.74) is 1.22. The van der Waals surface area contributed by atoms with Crippen LogP contribution in [0.2, 0.25) is 0 Å². The van der Waals surface area contributed by atoms with Gasteiger partial charge in [0.25, 0.3) is 0 Å². The normalized spacial score (nSPS) is 24.3. The molecule has 142 valence electrons. The van der Waals surface area contributed by atoms with Crippen molar-refractivity contribution in [1.29, 1.82) is 0 Å². The number of hydrogen-bond acceptors (Lipinski definition) is 4. The molecule has 2 aliphatic heterocycles. The molecule has 2 fully saturated rings. The third-order valence-electron chi connectivity index (χ3n) is 5.39. The zero-order chi connectivity index (χ0) is 18.9. The summed E-state index contributed by atoms with van der Waals surface area (Å²) in [7, 11) is 0. The van der Waals surface area contributed by atoms with Gasteiger partial charge in [0.2, 0.25) is 11.8 Å². The van der Waals surface area contributed by atoms with Gasteiger partial charge in [-0.3, -0.25) is 9.59 Å². The lowest BCUT2D eigenvalue weighted by Gasteiger charge is -2.29. The van der Waals surface area contributed by atoms with Crippen molar-refractivity contribution in [2.45, 2.75) is 43.6 Å². The molecule has 3 heterocycles. The van der Waals surface area contributed by atoms with Crippen LogP contribution in [0.4, 0.5) is 0 Å². The zero-order valence-corrected chi connectivity index (χ0v) is 16.2. The molecular formula is C20H24N4O2S. The lowest BCUT2D eigenvalue weighted by molar-refractivity contribution is -0.137. The fourth-order valence-corrected chi connectivity index (χ4v) is 5.35. The maximum atomic E-state index is 12.6. The number of nitrogens with one attached hydrogen (secondary N) is 1. The van der Waals surface area contributed by atoms with E-state index in [1.54, 1.807) is 22.9 Å². The van der Waals surface area contributed by atoms with Gasteiger partial charge in [-0.15, -0.1) is 11.8 Å². The van der Waals surface area contributed by atoms with E-state index in [9.17, 15) is 9.59 Å². The average molecular weight is 385 g/mol. The van der Waals surface area contributed by atoms with E-state index in [0.29, 0.717) is 25.1 Å². The Morgan fingerprint density at radius 2 is 2.19 bits per heavy atom. The molecule has 7 heteroatoms. The van der Waals surface area contributed by atoms with Crippen LogP contribution >= 0.6 is 11.8 Å². The SMILES string of the molecule is CC12CCC(=O)N1C(C(=O)NCCc1nccn1Cc1ccccc1)CS2. The summed E-state index contributed by atoms with van der Waals surface area (Å²) >= 11 is 1.72. The van der Waals surface area contributed by atoms with Gasteiger partial charge in [-0.1, -0.05) is 30.3 Å². The number of nitrogens with zero attached hydrogens (tertiary/aromatic N) is 3. The van der Waals surface area contributed by atoms with Crippen molar-refractivity contribution in [3.8, 4) is 0 Å². The van der Waals surface area contributed by atoms with E-state index in [1.807, 2.05) is 24.4 Å². The first-order valence-electron chi connectivity index (χ1n) is 9.35. The third-order valence-corrected chi connectivity index (χ3v) is 6.90. The summed E-state index contributed by atoms with van der Waals surface area (Å²) in [5.74, 6) is 1.67. The van der Waals surface area contributed by atoms with Crippen LogP contribution in [-0.4, -0.2) is 49.5 Å². The van der Waals surface area contributed by atoms with Gasteiger partial charge < -0.3 is 14.8 Å². The van der Waals surface area contributed by atoms with Crippen molar-refractivity contribution in [2.75, 3.05) is 12.3 Å². The summed E-state index contributed by atoms with van der Waals surface area (Å²) in [6.45, 7) is 3.35. The van der Waals surface area contributed by atoms with E-state index in [-0.39, 0.29) is 22.7 Å². The molecule has 0 spiro atoms. The quantitative estimate of drug-likeness (QED) is 0.828. The number of amides is 2. The van der Waals surface area contributed by atoms with E-state index in [0.717, 1.165) is 18.8 Å². The van der Waals surface area contributed by atoms with Crippen LogP contribution in [0.25, 0.3) is 0 Å². The Morgan fingerprint density at radius 1 is 1.37 bits per heavy atom. The van der Waals surface area contributed by atoms with Crippen LogP contribution in [-0.2, 0) is 22.6 Å².